The molecular formula is C17H16O4. The molecule has 0 aliphatic rings. The molecule has 4 heteroatoms. The molecule has 0 saturated heterocycles. The molecule has 2 rings (SSSR count). The van der Waals surface area contributed by atoms with Gasteiger partial charge in [-0.05, 0) is 36.2 Å². The van der Waals surface area contributed by atoms with Gasteiger partial charge in [0.25, 0.3) is 0 Å². The Labute approximate surface area is 123 Å². The van der Waals surface area contributed by atoms with Gasteiger partial charge in [0.1, 0.15) is 0 Å². The summed E-state index contributed by atoms with van der Waals surface area (Å²) in [6, 6.07) is 12.7. The molecule has 0 aliphatic heterocycles. The molecule has 21 heavy (non-hydrogen) atoms. The topological polar surface area (TPSA) is 52.6 Å². The van der Waals surface area contributed by atoms with Crippen LogP contribution < -0.4 is 0 Å². The van der Waals surface area contributed by atoms with Gasteiger partial charge in [-0.25, -0.2) is 9.59 Å². The summed E-state index contributed by atoms with van der Waals surface area (Å²) >= 11 is 0. The minimum Gasteiger partial charge on any atom is -0.465 e. The highest BCUT2D eigenvalue weighted by atomic mass is 16.5. The number of rotatable bonds is 3. The third-order valence-corrected chi connectivity index (χ3v) is 3.16. The van der Waals surface area contributed by atoms with Gasteiger partial charge in [-0.1, -0.05) is 29.8 Å². The summed E-state index contributed by atoms with van der Waals surface area (Å²) in [4.78, 5) is 23.5. The van der Waals surface area contributed by atoms with E-state index in [2.05, 4.69) is 0 Å². The molecule has 0 saturated carbocycles. The van der Waals surface area contributed by atoms with Crippen molar-refractivity contribution in [3.63, 3.8) is 0 Å². The standard InChI is InChI=1S/C17H16O4/c1-11-4-6-12(7-5-11)13-8-14(16(18)20-2)10-15(9-13)17(19)21-3/h4-10H,1-3H3. The number of methoxy groups -OCH3 is 2. The number of esters is 2. The third kappa shape index (κ3) is 3.28. The number of carbonyl (C=O) groups excluding carboxylic acids is 2. The van der Waals surface area contributed by atoms with Crippen LogP contribution in [0.5, 0.6) is 0 Å². The first-order valence-electron chi connectivity index (χ1n) is 6.44. The van der Waals surface area contributed by atoms with E-state index >= 15 is 0 Å². The number of benzene rings is 2. The van der Waals surface area contributed by atoms with Crippen LogP contribution in [0.3, 0.4) is 0 Å². The molecule has 2 aromatic rings. The molecule has 4 nitrogen and oxygen atoms in total. The lowest BCUT2D eigenvalue weighted by Crippen LogP contribution is -2.07. The molecule has 0 aromatic heterocycles. The molecule has 0 spiro atoms. The monoisotopic (exact) mass is 284 g/mol. The van der Waals surface area contributed by atoms with Crippen molar-refractivity contribution < 1.29 is 19.1 Å². The lowest BCUT2D eigenvalue weighted by atomic mass is 9.99. The van der Waals surface area contributed by atoms with E-state index in [-0.39, 0.29) is 0 Å². The van der Waals surface area contributed by atoms with E-state index in [0.29, 0.717) is 11.1 Å². The minimum absolute atomic E-state index is 0.316. The maximum atomic E-state index is 11.7. The Kier molecular flexibility index (Phi) is 4.38. The summed E-state index contributed by atoms with van der Waals surface area (Å²) in [5.41, 5.74) is 3.44. The second kappa shape index (κ2) is 6.22. The molecule has 0 N–H and O–H groups in total. The van der Waals surface area contributed by atoms with Crippen molar-refractivity contribution in [3.8, 4) is 11.1 Å². The Hall–Kier alpha value is -2.62. The number of hydrogen-bond donors (Lipinski definition) is 0. The average Bonchev–Trinajstić information content (AvgIpc) is 2.53. The van der Waals surface area contributed by atoms with Crippen molar-refractivity contribution in [2.75, 3.05) is 14.2 Å². The maximum Gasteiger partial charge on any atom is 0.337 e. The Balaban J connectivity index is 2.56. The van der Waals surface area contributed by atoms with Crippen molar-refractivity contribution in [1.82, 2.24) is 0 Å². The lowest BCUT2D eigenvalue weighted by molar-refractivity contribution is 0.0599. The molecule has 0 radical (unpaired) electrons. The number of hydrogen-bond acceptors (Lipinski definition) is 4. The summed E-state index contributed by atoms with van der Waals surface area (Å²) < 4.78 is 9.45. The van der Waals surface area contributed by atoms with Crippen LogP contribution in [0.15, 0.2) is 42.5 Å². The fraction of sp³-hybridized carbons (Fsp3) is 0.176. The average molecular weight is 284 g/mol. The van der Waals surface area contributed by atoms with Gasteiger partial charge < -0.3 is 9.47 Å². The Morgan fingerprint density at radius 2 is 1.24 bits per heavy atom. The summed E-state index contributed by atoms with van der Waals surface area (Å²) in [5, 5.41) is 0. The Bertz CT molecular complexity index is 637. The smallest absolute Gasteiger partial charge is 0.337 e. The lowest BCUT2D eigenvalue weighted by Gasteiger charge is -2.08. The number of ether oxygens (including phenoxy) is 2. The van der Waals surface area contributed by atoms with E-state index in [4.69, 9.17) is 9.47 Å². The zero-order chi connectivity index (χ0) is 15.4. The summed E-state index contributed by atoms with van der Waals surface area (Å²) in [6.07, 6.45) is 0. The molecule has 2 aromatic carbocycles. The van der Waals surface area contributed by atoms with Crippen LogP contribution >= 0.6 is 0 Å². The molecular weight excluding hydrogens is 268 g/mol. The van der Waals surface area contributed by atoms with E-state index < -0.39 is 11.9 Å². The van der Waals surface area contributed by atoms with Crippen LogP contribution in [0, 0.1) is 6.92 Å². The molecule has 108 valence electrons. The Morgan fingerprint density at radius 3 is 1.67 bits per heavy atom. The first kappa shape index (κ1) is 14.8. The molecule has 0 heterocycles. The molecule has 0 unspecified atom stereocenters. The van der Waals surface area contributed by atoms with Gasteiger partial charge in [-0.15, -0.1) is 0 Å². The van der Waals surface area contributed by atoms with Crippen LogP contribution in [0.2, 0.25) is 0 Å². The highest BCUT2D eigenvalue weighted by molar-refractivity contribution is 5.97. The maximum absolute atomic E-state index is 11.7. The van der Waals surface area contributed by atoms with E-state index in [1.807, 2.05) is 31.2 Å². The third-order valence-electron chi connectivity index (χ3n) is 3.16. The molecule has 0 fully saturated rings. The minimum atomic E-state index is -0.492. The predicted molar refractivity (Wildman–Crippen MR) is 79.3 cm³/mol. The van der Waals surface area contributed by atoms with Gasteiger partial charge in [0, 0.05) is 0 Å². The molecule has 0 atom stereocenters. The van der Waals surface area contributed by atoms with Crippen LogP contribution in [0.4, 0.5) is 0 Å². The van der Waals surface area contributed by atoms with Gasteiger partial charge in [-0.2, -0.15) is 0 Å². The van der Waals surface area contributed by atoms with Crippen LogP contribution in [-0.4, -0.2) is 26.2 Å². The zero-order valence-electron chi connectivity index (χ0n) is 12.2. The first-order chi connectivity index (χ1) is 10.0. The van der Waals surface area contributed by atoms with Crippen molar-refractivity contribution >= 4 is 11.9 Å². The Morgan fingerprint density at radius 1 is 0.762 bits per heavy atom. The summed E-state index contributed by atoms with van der Waals surface area (Å²) in [6.45, 7) is 1.99. The van der Waals surface area contributed by atoms with E-state index in [9.17, 15) is 9.59 Å². The second-order valence-corrected chi connectivity index (χ2v) is 4.65. The van der Waals surface area contributed by atoms with Gasteiger partial charge >= 0.3 is 11.9 Å². The number of aryl methyl sites for hydroxylation is 1. The first-order valence-corrected chi connectivity index (χ1v) is 6.44. The highest BCUT2D eigenvalue weighted by Crippen LogP contribution is 2.24. The van der Waals surface area contributed by atoms with Crippen LogP contribution in [0.25, 0.3) is 11.1 Å². The SMILES string of the molecule is COC(=O)c1cc(C(=O)OC)cc(-c2ccc(C)cc2)c1. The largest absolute Gasteiger partial charge is 0.465 e. The second-order valence-electron chi connectivity index (χ2n) is 4.65. The predicted octanol–water partition coefficient (Wildman–Crippen LogP) is 3.24. The van der Waals surface area contributed by atoms with Crippen molar-refractivity contribution in [2.24, 2.45) is 0 Å². The van der Waals surface area contributed by atoms with E-state index in [1.54, 1.807) is 12.1 Å². The normalized spacial score (nSPS) is 10.0. The molecule has 0 aliphatic carbocycles. The fourth-order valence-corrected chi connectivity index (χ4v) is 2.01. The van der Waals surface area contributed by atoms with Crippen molar-refractivity contribution in [1.29, 1.82) is 0 Å². The quantitative estimate of drug-likeness (QED) is 0.812. The van der Waals surface area contributed by atoms with Crippen molar-refractivity contribution in [3.05, 3.63) is 59.2 Å². The van der Waals surface area contributed by atoms with Crippen molar-refractivity contribution in [2.45, 2.75) is 6.92 Å². The van der Waals surface area contributed by atoms with Gasteiger partial charge in [0.05, 0.1) is 25.3 Å². The van der Waals surface area contributed by atoms with Crippen LogP contribution in [-0.2, 0) is 9.47 Å². The van der Waals surface area contributed by atoms with Gasteiger partial charge in [0.2, 0.25) is 0 Å². The molecule has 0 amide bonds. The fourth-order valence-electron chi connectivity index (χ4n) is 2.01. The number of carbonyl (C=O) groups is 2. The van der Waals surface area contributed by atoms with E-state index in [0.717, 1.165) is 16.7 Å². The molecule has 0 bridgehead atoms. The summed E-state index contributed by atoms with van der Waals surface area (Å²) in [7, 11) is 2.61. The highest BCUT2D eigenvalue weighted by Gasteiger charge is 2.14. The van der Waals surface area contributed by atoms with Crippen LogP contribution in [0.1, 0.15) is 26.3 Å². The van der Waals surface area contributed by atoms with Gasteiger partial charge in [0.15, 0.2) is 0 Å². The van der Waals surface area contributed by atoms with E-state index in [1.165, 1.54) is 20.3 Å². The summed E-state index contributed by atoms with van der Waals surface area (Å²) in [5.74, 6) is -0.983. The zero-order valence-corrected chi connectivity index (χ0v) is 12.2. The van der Waals surface area contributed by atoms with Gasteiger partial charge in [-0.3, -0.25) is 0 Å².